The molecule has 3 nitrogen and oxygen atoms in total. The van der Waals surface area contributed by atoms with Gasteiger partial charge in [0.15, 0.2) is 5.17 Å². The summed E-state index contributed by atoms with van der Waals surface area (Å²) in [5, 5.41) is 1.26. The zero-order valence-corrected chi connectivity index (χ0v) is 13.0. The van der Waals surface area contributed by atoms with Crippen molar-refractivity contribution >= 4 is 50.4 Å². The fourth-order valence-electron chi connectivity index (χ4n) is 1.67. The van der Waals surface area contributed by atoms with Crippen LogP contribution in [0.3, 0.4) is 0 Å². The maximum absolute atomic E-state index is 12.4. The summed E-state index contributed by atoms with van der Waals surface area (Å²) < 4.78 is 0.844. The fourth-order valence-corrected chi connectivity index (χ4v) is 3.00. The van der Waals surface area contributed by atoms with Gasteiger partial charge in [-0.2, -0.15) is 0 Å². The van der Waals surface area contributed by atoms with Crippen molar-refractivity contribution in [2.75, 3.05) is 18.8 Å². The number of thioether (sulfide) groups is 1. The largest absolute Gasteiger partial charge is 0.286 e. The highest BCUT2D eigenvalue weighted by atomic mass is 79.9. The van der Waals surface area contributed by atoms with Crippen molar-refractivity contribution < 1.29 is 4.79 Å². The number of benzene rings is 1. The van der Waals surface area contributed by atoms with Crippen molar-refractivity contribution in [3.05, 3.63) is 33.3 Å². The first-order valence-corrected chi connectivity index (χ1v) is 7.73. The summed E-state index contributed by atoms with van der Waals surface area (Å²) in [5.41, 5.74) is 0.511. The summed E-state index contributed by atoms with van der Waals surface area (Å²) in [6.07, 6.45) is 0. The zero-order chi connectivity index (χ0) is 13.1. The van der Waals surface area contributed by atoms with Crippen molar-refractivity contribution in [1.29, 1.82) is 0 Å². The molecular weight excluding hydrogens is 336 g/mol. The summed E-state index contributed by atoms with van der Waals surface area (Å²) in [7, 11) is 0. The first kappa shape index (κ1) is 13.9. The fraction of sp³-hybridized carbons (Fsp3) is 0.333. The molecule has 0 saturated carbocycles. The second kappa shape index (κ2) is 6.08. The molecular formula is C12H12BrClN2OS. The Hall–Kier alpha value is -0.520. The van der Waals surface area contributed by atoms with E-state index < -0.39 is 0 Å². The average Bonchev–Trinajstić information content (AvgIpc) is 2.80. The van der Waals surface area contributed by atoms with E-state index in [-0.39, 0.29) is 5.91 Å². The number of halogens is 2. The molecule has 0 aliphatic carbocycles. The number of aliphatic imine (C=N–C) groups is 1. The van der Waals surface area contributed by atoms with Gasteiger partial charge in [0.1, 0.15) is 0 Å². The number of carbonyl (C=O) groups is 1. The predicted molar refractivity (Wildman–Crippen MR) is 80.6 cm³/mol. The van der Waals surface area contributed by atoms with Gasteiger partial charge in [-0.25, -0.2) is 0 Å². The molecule has 1 aliphatic rings. The molecule has 1 aliphatic heterocycles. The third-order valence-corrected chi connectivity index (χ3v) is 4.20. The lowest BCUT2D eigenvalue weighted by Gasteiger charge is -2.18. The minimum absolute atomic E-state index is 0.0847. The Morgan fingerprint density at radius 1 is 1.61 bits per heavy atom. The Morgan fingerprint density at radius 3 is 3.11 bits per heavy atom. The molecule has 0 radical (unpaired) electrons. The summed E-state index contributed by atoms with van der Waals surface area (Å²) in [6.45, 7) is 3.34. The van der Waals surface area contributed by atoms with Gasteiger partial charge in [0, 0.05) is 11.0 Å². The molecule has 96 valence electrons. The molecule has 6 heteroatoms. The Bertz CT molecular complexity index is 507. The summed E-state index contributed by atoms with van der Waals surface area (Å²) in [5.74, 6) is 0.813. The Balaban J connectivity index is 2.26. The SMILES string of the molecule is CCSC1=NCCN1C(=O)c1cc(Br)ccc1Cl. The lowest BCUT2D eigenvalue weighted by atomic mass is 10.2. The molecule has 0 aromatic heterocycles. The van der Waals surface area contributed by atoms with Crippen LogP contribution in [0.1, 0.15) is 17.3 Å². The third kappa shape index (κ3) is 2.90. The maximum atomic E-state index is 12.4. The molecule has 0 atom stereocenters. The minimum atomic E-state index is -0.0847. The van der Waals surface area contributed by atoms with E-state index in [0.29, 0.717) is 23.7 Å². The standard InChI is InChI=1S/C12H12BrClN2OS/c1-2-18-12-15-5-6-16(12)11(17)9-7-8(13)3-4-10(9)14/h3-4,7H,2,5-6H2,1H3. The molecule has 1 heterocycles. The number of rotatable bonds is 2. The molecule has 0 saturated heterocycles. The van der Waals surface area contributed by atoms with E-state index in [4.69, 9.17) is 11.6 Å². The van der Waals surface area contributed by atoms with Gasteiger partial charge in [-0.15, -0.1) is 0 Å². The normalized spacial score (nSPS) is 14.8. The van der Waals surface area contributed by atoms with Crippen LogP contribution in [-0.4, -0.2) is 34.8 Å². The van der Waals surface area contributed by atoms with E-state index in [1.807, 2.05) is 13.0 Å². The summed E-state index contributed by atoms with van der Waals surface area (Å²) in [6, 6.07) is 5.29. The summed E-state index contributed by atoms with van der Waals surface area (Å²) >= 11 is 11.0. The van der Waals surface area contributed by atoms with Gasteiger partial charge in [0.25, 0.3) is 5.91 Å². The van der Waals surface area contributed by atoms with Crippen LogP contribution < -0.4 is 0 Å². The van der Waals surface area contributed by atoms with Crippen LogP contribution >= 0.6 is 39.3 Å². The third-order valence-electron chi connectivity index (χ3n) is 2.48. The first-order valence-electron chi connectivity index (χ1n) is 5.57. The number of nitrogens with zero attached hydrogens (tertiary/aromatic N) is 2. The molecule has 0 unspecified atom stereocenters. The molecule has 1 aromatic carbocycles. The van der Waals surface area contributed by atoms with Crippen LogP contribution in [0.15, 0.2) is 27.7 Å². The predicted octanol–water partition coefficient (Wildman–Crippen LogP) is 3.67. The van der Waals surface area contributed by atoms with Crippen LogP contribution in [0.2, 0.25) is 5.02 Å². The van der Waals surface area contributed by atoms with Crippen molar-refractivity contribution in [1.82, 2.24) is 4.90 Å². The van der Waals surface area contributed by atoms with Crippen molar-refractivity contribution in [3.8, 4) is 0 Å². The average molecular weight is 348 g/mol. The Morgan fingerprint density at radius 2 is 2.39 bits per heavy atom. The van der Waals surface area contributed by atoms with Gasteiger partial charge < -0.3 is 0 Å². The Kier molecular flexibility index (Phi) is 4.70. The highest BCUT2D eigenvalue weighted by molar-refractivity contribution is 9.10. The summed E-state index contributed by atoms with van der Waals surface area (Å²) in [4.78, 5) is 18.5. The van der Waals surface area contributed by atoms with Gasteiger partial charge >= 0.3 is 0 Å². The Labute approximate surface area is 124 Å². The number of hydrogen-bond acceptors (Lipinski definition) is 3. The van der Waals surface area contributed by atoms with E-state index in [0.717, 1.165) is 15.4 Å². The first-order chi connectivity index (χ1) is 8.63. The van der Waals surface area contributed by atoms with Gasteiger partial charge in [-0.3, -0.25) is 14.7 Å². The van der Waals surface area contributed by atoms with Crippen molar-refractivity contribution in [2.24, 2.45) is 4.99 Å². The number of carbonyl (C=O) groups excluding carboxylic acids is 1. The quantitative estimate of drug-likeness (QED) is 0.818. The molecule has 18 heavy (non-hydrogen) atoms. The van der Waals surface area contributed by atoms with Crippen molar-refractivity contribution in [2.45, 2.75) is 6.92 Å². The van der Waals surface area contributed by atoms with Crippen LogP contribution in [0.25, 0.3) is 0 Å². The van der Waals surface area contributed by atoms with Gasteiger partial charge in [0.05, 0.1) is 17.1 Å². The van der Waals surface area contributed by atoms with Crippen LogP contribution in [0, 0.1) is 0 Å². The second-order valence-corrected chi connectivity index (χ2v) is 6.23. The van der Waals surface area contributed by atoms with Crippen LogP contribution in [0.5, 0.6) is 0 Å². The zero-order valence-electron chi connectivity index (χ0n) is 9.82. The van der Waals surface area contributed by atoms with Crippen LogP contribution in [-0.2, 0) is 0 Å². The lowest BCUT2D eigenvalue weighted by Crippen LogP contribution is -2.33. The van der Waals surface area contributed by atoms with E-state index in [1.54, 1.807) is 28.8 Å². The van der Waals surface area contributed by atoms with E-state index in [1.165, 1.54) is 0 Å². The van der Waals surface area contributed by atoms with Crippen LogP contribution in [0.4, 0.5) is 0 Å². The smallest absolute Gasteiger partial charge is 0.261 e. The maximum Gasteiger partial charge on any atom is 0.261 e. The monoisotopic (exact) mass is 346 g/mol. The minimum Gasteiger partial charge on any atom is -0.286 e. The van der Waals surface area contributed by atoms with E-state index in [2.05, 4.69) is 20.9 Å². The molecule has 1 amide bonds. The van der Waals surface area contributed by atoms with E-state index >= 15 is 0 Å². The molecule has 0 N–H and O–H groups in total. The topological polar surface area (TPSA) is 32.7 Å². The van der Waals surface area contributed by atoms with Crippen molar-refractivity contribution in [3.63, 3.8) is 0 Å². The van der Waals surface area contributed by atoms with Gasteiger partial charge in [0.2, 0.25) is 0 Å². The molecule has 2 rings (SSSR count). The van der Waals surface area contributed by atoms with E-state index in [9.17, 15) is 4.79 Å². The number of hydrogen-bond donors (Lipinski definition) is 0. The lowest BCUT2D eigenvalue weighted by molar-refractivity contribution is 0.0861. The highest BCUT2D eigenvalue weighted by Gasteiger charge is 2.26. The van der Waals surface area contributed by atoms with Gasteiger partial charge in [-0.1, -0.05) is 46.2 Å². The highest BCUT2D eigenvalue weighted by Crippen LogP contribution is 2.24. The van der Waals surface area contributed by atoms with Gasteiger partial charge in [-0.05, 0) is 24.0 Å². The number of amides is 1. The molecule has 1 aromatic rings. The molecule has 0 spiro atoms. The molecule has 0 fully saturated rings. The second-order valence-electron chi connectivity index (χ2n) is 3.68. The molecule has 0 bridgehead atoms. The number of amidine groups is 1.